The molecule has 0 fully saturated rings. The van der Waals surface area contributed by atoms with E-state index < -0.39 is 0 Å². The lowest BCUT2D eigenvalue weighted by Crippen LogP contribution is -1.94. The second-order valence-electron chi connectivity index (χ2n) is 5.56. The van der Waals surface area contributed by atoms with Gasteiger partial charge < -0.3 is 4.74 Å². The van der Waals surface area contributed by atoms with E-state index in [1.807, 2.05) is 46.3 Å². The van der Waals surface area contributed by atoms with E-state index in [1.165, 1.54) is 0 Å². The van der Waals surface area contributed by atoms with E-state index in [1.54, 1.807) is 49.0 Å². The van der Waals surface area contributed by atoms with Gasteiger partial charge in [0, 0.05) is 35.1 Å². The standard InChI is InChI=1S/C20H15N3O2S/c1-25-16-4-2-15(3-5-16)19-17(23-12-13-26-20(23)22-19)6-7-18(24)14-8-10-21-11-9-14/h2-13H,1H3. The largest absolute Gasteiger partial charge is 0.497 e. The number of fused-ring (bicyclic) bond motifs is 1. The number of carbonyl (C=O) groups is 1. The van der Waals surface area contributed by atoms with Gasteiger partial charge in [-0.3, -0.25) is 14.2 Å². The van der Waals surface area contributed by atoms with Crippen LogP contribution >= 0.6 is 11.3 Å². The molecular weight excluding hydrogens is 346 g/mol. The number of benzene rings is 1. The van der Waals surface area contributed by atoms with Gasteiger partial charge in [-0.25, -0.2) is 4.98 Å². The summed E-state index contributed by atoms with van der Waals surface area (Å²) in [6.45, 7) is 0. The van der Waals surface area contributed by atoms with Crippen LogP contribution in [0.4, 0.5) is 0 Å². The minimum Gasteiger partial charge on any atom is -0.497 e. The molecule has 5 nitrogen and oxygen atoms in total. The second kappa shape index (κ2) is 6.93. The summed E-state index contributed by atoms with van der Waals surface area (Å²) in [6.07, 6.45) is 8.56. The number of hydrogen-bond donors (Lipinski definition) is 0. The monoisotopic (exact) mass is 361 g/mol. The topological polar surface area (TPSA) is 56.5 Å². The molecule has 4 rings (SSSR count). The van der Waals surface area contributed by atoms with Crippen molar-refractivity contribution in [2.75, 3.05) is 7.11 Å². The fourth-order valence-corrected chi connectivity index (χ4v) is 3.41. The van der Waals surface area contributed by atoms with E-state index >= 15 is 0 Å². The Morgan fingerprint density at radius 3 is 2.65 bits per heavy atom. The van der Waals surface area contributed by atoms with Crippen LogP contribution < -0.4 is 4.74 Å². The van der Waals surface area contributed by atoms with E-state index in [4.69, 9.17) is 9.72 Å². The summed E-state index contributed by atoms with van der Waals surface area (Å²) < 4.78 is 7.21. The smallest absolute Gasteiger partial charge is 0.194 e. The van der Waals surface area contributed by atoms with Crippen LogP contribution in [-0.4, -0.2) is 27.3 Å². The second-order valence-corrected chi connectivity index (χ2v) is 6.44. The molecule has 0 saturated heterocycles. The van der Waals surface area contributed by atoms with E-state index in [9.17, 15) is 4.79 Å². The molecule has 128 valence electrons. The molecule has 4 aromatic rings. The summed E-state index contributed by atoms with van der Waals surface area (Å²) >= 11 is 1.56. The Bertz CT molecular complexity index is 1080. The number of nitrogens with zero attached hydrogens (tertiary/aromatic N) is 3. The number of methoxy groups -OCH3 is 1. The van der Waals surface area contributed by atoms with Gasteiger partial charge >= 0.3 is 0 Å². The molecule has 1 aromatic carbocycles. The third kappa shape index (κ3) is 3.02. The number of rotatable bonds is 5. The van der Waals surface area contributed by atoms with Crippen molar-refractivity contribution in [3.05, 3.63) is 77.7 Å². The lowest BCUT2D eigenvalue weighted by Gasteiger charge is -2.03. The van der Waals surface area contributed by atoms with Crippen molar-refractivity contribution in [2.24, 2.45) is 0 Å². The van der Waals surface area contributed by atoms with Crippen LogP contribution in [-0.2, 0) is 0 Å². The molecule has 0 radical (unpaired) electrons. The maximum Gasteiger partial charge on any atom is 0.194 e. The van der Waals surface area contributed by atoms with Gasteiger partial charge in [0.15, 0.2) is 10.7 Å². The van der Waals surface area contributed by atoms with Gasteiger partial charge in [-0.1, -0.05) is 0 Å². The first-order valence-electron chi connectivity index (χ1n) is 7.98. The zero-order chi connectivity index (χ0) is 17.9. The first-order chi connectivity index (χ1) is 12.8. The van der Waals surface area contributed by atoms with Crippen molar-refractivity contribution in [2.45, 2.75) is 0 Å². The summed E-state index contributed by atoms with van der Waals surface area (Å²) in [5.74, 6) is 0.720. The number of ketones is 1. The fraction of sp³-hybridized carbons (Fsp3) is 0.0500. The molecule has 3 aromatic heterocycles. The highest BCUT2D eigenvalue weighted by molar-refractivity contribution is 7.15. The lowest BCUT2D eigenvalue weighted by atomic mass is 10.1. The Morgan fingerprint density at radius 2 is 1.92 bits per heavy atom. The van der Waals surface area contributed by atoms with Crippen molar-refractivity contribution in [3.8, 4) is 17.0 Å². The summed E-state index contributed by atoms with van der Waals surface area (Å²) in [5, 5.41) is 1.97. The molecule has 26 heavy (non-hydrogen) atoms. The summed E-state index contributed by atoms with van der Waals surface area (Å²) in [5.41, 5.74) is 3.28. The van der Waals surface area contributed by atoms with Gasteiger partial charge in [0.25, 0.3) is 0 Å². The maximum absolute atomic E-state index is 12.4. The Kier molecular flexibility index (Phi) is 4.33. The fourth-order valence-electron chi connectivity index (χ4n) is 2.69. The quantitative estimate of drug-likeness (QED) is 0.391. The normalized spacial score (nSPS) is 11.3. The molecule has 0 bridgehead atoms. The van der Waals surface area contributed by atoms with Crippen LogP contribution in [0.3, 0.4) is 0 Å². The van der Waals surface area contributed by atoms with Crippen LogP contribution in [0.2, 0.25) is 0 Å². The van der Waals surface area contributed by atoms with Gasteiger partial charge in [0.1, 0.15) is 5.75 Å². The van der Waals surface area contributed by atoms with Crippen molar-refractivity contribution < 1.29 is 9.53 Å². The molecule has 3 heterocycles. The number of pyridine rings is 1. The van der Waals surface area contributed by atoms with Crippen LogP contribution in [0.15, 0.2) is 66.4 Å². The zero-order valence-corrected chi connectivity index (χ0v) is 14.8. The predicted molar refractivity (Wildman–Crippen MR) is 103 cm³/mol. The van der Waals surface area contributed by atoms with Crippen LogP contribution in [0.5, 0.6) is 5.75 Å². The van der Waals surface area contributed by atoms with Crippen molar-refractivity contribution in [3.63, 3.8) is 0 Å². The summed E-state index contributed by atoms with van der Waals surface area (Å²) in [7, 11) is 1.64. The number of aromatic nitrogens is 3. The molecule has 0 N–H and O–H groups in total. The summed E-state index contributed by atoms with van der Waals surface area (Å²) in [6, 6.07) is 11.1. The number of thiazole rings is 1. The first kappa shape index (κ1) is 16.2. The Morgan fingerprint density at radius 1 is 1.15 bits per heavy atom. The Labute approximate surface area is 154 Å². The molecule has 0 aliphatic rings. The molecule has 0 spiro atoms. The van der Waals surface area contributed by atoms with Gasteiger partial charge in [-0.2, -0.15) is 0 Å². The van der Waals surface area contributed by atoms with Gasteiger partial charge in [-0.15, -0.1) is 11.3 Å². The van der Waals surface area contributed by atoms with Gasteiger partial charge in [0.05, 0.1) is 18.5 Å². The number of hydrogen-bond acceptors (Lipinski definition) is 5. The zero-order valence-electron chi connectivity index (χ0n) is 14.0. The van der Waals surface area contributed by atoms with E-state index in [-0.39, 0.29) is 5.78 Å². The minimum absolute atomic E-state index is 0.0711. The number of ether oxygens (including phenoxy) is 1. The van der Waals surface area contributed by atoms with Crippen LogP contribution in [0.1, 0.15) is 16.1 Å². The summed E-state index contributed by atoms with van der Waals surface area (Å²) in [4.78, 5) is 21.9. The lowest BCUT2D eigenvalue weighted by molar-refractivity contribution is 0.104. The maximum atomic E-state index is 12.4. The van der Waals surface area contributed by atoms with Gasteiger partial charge in [0.2, 0.25) is 0 Å². The van der Waals surface area contributed by atoms with Crippen LogP contribution in [0, 0.1) is 0 Å². The molecular formula is C20H15N3O2S. The third-order valence-corrected chi connectivity index (χ3v) is 4.78. The van der Waals surface area contributed by atoms with Crippen molar-refractivity contribution in [1.82, 2.24) is 14.4 Å². The highest BCUT2D eigenvalue weighted by Gasteiger charge is 2.13. The predicted octanol–water partition coefficient (Wildman–Crippen LogP) is 4.36. The molecule has 0 atom stereocenters. The Balaban J connectivity index is 1.74. The average Bonchev–Trinajstić information content (AvgIpc) is 3.28. The number of imidazole rings is 1. The first-order valence-corrected chi connectivity index (χ1v) is 8.86. The SMILES string of the molecule is COc1ccc(-c2nc3sccn3c2C=CC(=O)c2ccncc2)cc1. The average molecular weight is 361 g/mol. The van der Waals surface area contributed by atoms with Gasteiger partial charge in [-0.05, 0) is 48.6 Å². The molecule has 0 saturated carbocycles. The number of allylic oxidation sites excluding steroid dienone is 1. The molecule has 0 amide bonds. The molecule has 0 aliphatic carbocycles. The highest BCUT2D eigenvalue weighted by Crippen LogP contribution is 2.29. The highest BCUT2D eigenvalue weighted by atomic mass is 32.1. The van der Waals surface area contributed by atoms with E-state index in [0.717, 1.165) is 27.7 Å². The van der Waals surface area contributed by atoms with E-state index in [0.29, 0.717) is 5.56 Å². The minimum atomic E-state index is -0.0711. The molecule has 0 aliphatic heterocycles. The molecule has 6 heteroatoms. The number of carbonyl (C=O) groups excluding carboxylic acids is 1. The van der Waals surface area contributed by atoms with E-state index in [2.05, 4.69) is 4.98 Å². The third-order valence-electron chi connectivity index (χ3n) is 4.02. The van der Waals surface area contributed by atoms with Crippen molar-refractivity contribution >= 4 is 28.2 Å². The molecule has 0 unspecified atom stereocenters. The Hall–Kier alpha value is -3.25. The van der Waals surface area contributed by atoms with Crippen molar-refractivity contribution in [1.29, 1.82) is 0 Å². The van der Waals surface area contributed by atoms with Crippen LogP contribution in [0.25, 0.3) is 22.3 Å².